The number of nitrogens with one attached hydrogen (secondary N) is 1. The van der Waals surface area contributed by atoms with Gasteiger partial charge in [-0.15, -0.1) is 0 Å². The molecule has 14 heavy (non-hydrogen) atoms. The van der Waals surface area contributed by atoms with Crippen LogP contribution in [0.4, 0.5) is 4.39 Å². The second-order valence-corrected chi connectivity index (χ2v) is 3.99. The molecular weight excluding hydrogens is 177 g/mol. The smallest absolute Gasteiger partial charge is 0.123 e. The van der Waals surface area contributed by atoms with E-state index in [4.69, 9.17) is 0 Å². The van der Waals surface area contributed by atoms with Gasteiger partial charge in [-0.2, -0.15) is 0 Å². The Hall–Kier alpha value is -0.890. The highest BCUT2D eigenvalue weighted by atomic mass is 19.1. The number of halogens is 1. The van der Waals surface area contributed by atoms with Crippen molar-refractivity contribution >= 4 is 0 Å². The normalized spacial score (nSPS) is 17.5. The number of benzene rings is 1. The molecule has 0 unspecified atom stereocenters. The molecule has 0 atom stereocenters. The maximum absolute atomic E-state index is 12.8. The molecule has 1 aliphatic carbocycles. The summed E-state index contributed by atoms with van der Waals surface area (Å²) in [6.07, 6.45) is 5.21. The zero-order valence-electron chi connectivity index (χ0n) is 8.30. The standard InChI is InChI=1S/C12H16FN/c13-11-5-3-4-10(8-11)9-14-12-6-1-2-7-12/h3-5,8,12,14H,1-2,6-7,9H2. The van der Waals surface area contributed by atoms with Crippen LogP contribution in [0.5, 0.6) is 0 Å². The Morgan fingerprint density at radius 1 is 1.29 bits per heavy atom. The summed E-state index contributed by atoms with van der Waals surface area (Å²) in [5.74, 6) is -0.143. The van der Waals surface area contributed by atoms with Crippen LogP contribution < -0.4 is 5.32 Å². The molecule has 2 rings (SSSR count). The molecule has 0 amide bonds. The van der Waals surface area contributed by atoms with Crippen LogP contribution in [0.15, 0.2) is 24.3 Å². The monoisotopic (exact) mass is 193 g/mol. The molecule has 0 saturated heterocycles. The quantitative estimate of drug-likeness (QED) is 0.778. The Morgan fingerprint density at radius 3 is 2.79 bits per heavy atom. The number of hydrogen-bond acceptors (Lipinski definition) is 1. The molecule has 2 heteroatoms. The number of rotatable bonds is 3. The Bertz CT molecular complexity index is 292. The van der Waals surface area contributed by atoms with Gasteiger partial charge in [0.05, 0.1) is 0 Å². The van der Waals surface area contributed by atoms with Crippen LogP contribution in [0.1, 0.15) is 31.2 Å². The van der Waals surface area contributed by atoms with Gasteiger partial charge in [0.15, 0.2) is 0 Å². The van der Waals surface area contributed by atoms with E-state index in [0.29, 0.717) is 6.04 Å². The highest BCUT2D eigenvalue weighted by Crippen LogP contribution is 2.18. The van der Waals surface area contributed by atoms with Crippen LogP contribution in [-0.4, -0.2) is 6.04 Å². The molecule has 1 nitrogen and oxygen atoms in total. The minimum absolute atomic E-state index is 0.143. The van der Waals surface area contributed by atoms with Gasteiger partial charge in [0.1, 0.15) is 5.82 Å². The zero-order valence-corrected chi connectivity index (χ0v) is 8.30. The second-order valence-electron chi connectivity index (χ2n) is 3.99. The minimum atomic E-state index is -0.143. The average Bonchev–Trinajstić information content (AvgIpc) is 2.67. The molecule has 0 spiro atoms. The zero-order chi connectivity index (χ0) is 9.80. The molecule has 76 valence electrons. The van der Waals surface area contributed by atoms with Crippen LogP contribution in [0.3, 0.4) is 0 Å². The summed E-state index contributed by atoms with van der Waals surface area (Å²) in [5, 5.41) is 3.46. The maximum atomic E-state index is 12.8. The molecule has 1 saturated carbocycles. The fourth-order valence-electron chi connectivity index (χ4n) is 2.04. The summed E-state index contributed by atoms with van der Waals surface area (Å²) < 4.78 is 12.8. The van der Waals surface area contributed by atoms with E-state index in [9.17, 15) is 4.39 Å². The van der Waals surface area contributed by atoms with E-state index in [-0.39, 0.29) is 5.82 Å². The summed E-state index contributed by atoms with van der Waals surface area (Å²) in [6.45, 7) is 0.794. The molecular formula is C12H16FN. The van der Waals surface area contributed by atoms with Gasteiger partial charge in [0, 0.05) is 12.6 Å². The van der Waals surface area contributed by atoms with Crippen LogP contribution in [-0.2, 0) is 6.54 Å². The van der Waals surface area contributed by atoms with Crippen molar-refractivity contribution in [2.45, 2.75) is 38.3 Å². The first-order valence-electron chi connectivity index (χ1n) is 5.32. The Balaban J connectivity index is 1.85. The van der Waals surface area contributed by atoms with Crippen LogP contribution in [0.25, 0.3) is 0 Å². The third-order valence-corrected chi connectivity index (χ3v) is 2.84. The second kappa shape index (κ2) is 4.56. The maximum Gasteiger partial charge on any atom is 0.123 e. The van der Waals surface area contributed by atoms with Crippen molar-refractivity contribution in [3.63, 3.8) is 0 Å². The van der Waals surface area contributed by atoms with Gasteiger partial charge in [-0.1, -0.05) is 25.0 Å². The predicted octanol–water partition coefficient (Wildman–Crippen LogP) is 2.86. The minimum Gasteiger partial charge on any atom is -0.310 e. The third kappa shape index (κ3) is 2.55. The predicted molar refractivity (Wildman–Crippen MR) is 55.5 cm³/mol. The van der Waals surface area contributed by atoms with E-state index >= 15 is 0 Å². The molecule has 1 aliphatic rings. The van der Waals surface area contributed by atoms with E-state index in [1.807, 2.05) is 6.07 Å². The molecule has 0 heterocycles. The van der Waals surface area contributed by atoms with Crippen LogP contribution in [0.2, 0.25) is 0 Å². The summed E-state index contributed by atoms with van der Waals surface area (Å²) in [4.78, 5) is 0. The van der Waals surface area contributed by atoms with Crippen LogP contribution >= 0.6 is 0 Å². The lowest BCUT2D eigenvalue weighted by molar-refractivity contribution is 0.522. The molecule has 1 N–H and O–H groups in total. The lowest BCUT2D eigenvalue weighted by atomic mass is 10.2. The van der Waals surface area contributed by atoms with E-state index in [1.54, 1.807) is 12.1 Å². The fourth-order valence-corrected chi connectivity index (χ4v) is 2.04. The summed E-state index contributed by atoms with van der Waals surface area (Å²) in [6, 6.07) is 7.46. The van der Waals surface area contributed by atoms with Gasteiger partial charge in [-0.3, -0.25) is 0 Å². The first-order chi connectivity index (χ1) is 6.84. The molecule has 0 aromatic heterocycles. The Labute approximate surface area is 84.3 Å². The van der Waals surface area contributed by atoms with Crippen molar-refractivity contribution < 1.29 is 4.39 Å². The molecule has 0 bridgehead atoms. The van der Waals surface area contributed by atoms with Crippen molar-refractivity contribution in [3.8, 4) is 0 Å². The summed E-state index contributed by atoms with van der Waals surface area (Å²) in [7, 11) is 0. The van der Waals surface area contributed by atoms with Gasteiger partial charge < -0.3 is 5.32 Å². The van der Waals surface area contributed by atoms with Gasteiger partial charge >= 0.3 is 0 Å². The largest absolute Gasteiger partial charge is 0.310 e. The van der Waals surface area contributed by atoms with Gasteiger partial charge in [0.2, 0.25) is 0 Å². The molecule has 1 fully saturated rings. The molecule has 0 radical (unpaired) electrons. The Kier molecular flexibility index (Phi) is 3.14. The summed E-state index contributed by atoms with van der Waals surface area (Å²) >= 11 is 0. The van der Waals surface area contributed by atoms with Crippen molar-refractivity contribution in [2.75, 3.05) is 0 Å². The van der Waals surface area contributed by atoms with E-state index in [0.717, 1.165) is 12.1 Å². The van der Waals surface area contributed by atoms with Gasteiger partial charge in [-0.25, -0.2) is 4.39 Å². The number of hydrogen-bond donors (Lipinski definition) is 1. The van der Waals surface area contributed by atoms with E-state index < -0.39 is 0 Å². The van der Waals surface area contributed by atoms with E-state index in [2.05, 4.69) is 5.32 Å². The van der Waals surface area contributed by atoms with Crippen LogP contribution in [0, 0.1) is 5.82 Å². The highest BCUT2D eigenvalue weighted by Gasteiger charge is 2.13. The lowest BCUT2D eigenvalue weighted by Gasteiger charge is -2.11. The summed E-state index contributed by atoms with van der Waals surface area (Å²) in [5.41, 5.74) is 1.04. The van der Waals surface area contributed by atoms with E-state index in [1.165, 1.54) is 31.7 Å². The lowest BCUT2D eigenvalue weighted by Crippen LogP contribution is -2.25. The van der Waals surface area contributed by atoms with Crippen molar-refractivity contribution in [2.24, 2.45) is 0 Å². The topological polar surface area (TPSA) is 12.0 Å². The van der Waals surface area contributed by atoms with Gasteiger partial charge in [0.25, 0.3) is 0 Å². The van der Waals surface area contributed by atoms with Crippen molar-refractivity contribution in [3.05, 3.63) is 35.6 Å². The highest BCUT2D eigenvalue weighted by molar-refractivity contribution is 5.16. The molecule has 0 aliphatic heterocycles. The molecule has 1 aromatic rings. The van der Waals surface area contributed by atoms with Crippen molar-refractivity contribution in [1.82, 2.24) is 5.32 Å². The van der Waals surface area contributed by atoms with Crippen molar-refractivity contribution in [1.29, 1.82) is 0 Å². The first kappa shape index (κ1) is 9.66. The molecule has 1 aromatic carbocycles. The third-order valence-electron chi connectivity index (χ3n) is 2.84. The van der Waals surface area contributed by atoms with Gasteiger partial charge in [-0.05, 0) is 30.5 Å². The SMILES string of the molecule is Fc1cccc(CNC2CCCC2)c1. The first-order valence-corrected chi connectivity index (χ1v) is 5.32. The average molecular weight is 193 g/mol. The fraction of sp³-hybridized carbons (Fsp3) is 0.500. The Morgan fingerprint density at radius 2 is 2.07 bits per heavy atom.